The molecule has 1 aliphatic carbocycles. The van der Waals surface area contributed by atoms with Gasteiger partial charge in [0, 0.05) is 44.5 Å². The minimum Gasteiger partial charge on any atom is -0.383 e. The van der Waals surface area contributed by atoms with Gasteiger partial charge in [0.1, 0.15) is 5.54 Å². The first-order chi connectivity index (χ1) is 13.0. The summed E-state index contributed by atoms with van der Waals surface area (Å²) in [5, 5.41) is 0. The number of rotatable bonds is 6. The van der Waals surface area contributed by atoms with E-state index in [9.17, 15) is 4.79 Å². The van der Waals surface area contributed by atoms with Gasteiger partial charge < -0.3 is 21.1 Å². The SMILES string of the molecule is COCCN1CCCN(c2ccc(C(=O)C3(N)C=CC=CC3N)cc2)CC1. The number of hydrogen-bond donors (Lipinski definition) is 2. The van der Waals surface area contributed by atoms with Crippen molar-refractivity contribution >= 4 is 11.5 Å². The van der Waals surface area contributed by atoms with Crippen LogP contribution in [0.25, 0.3) is 0 Å². The van der Waals surface area contributed by atoms with Crippen LogP contribution in [0, 0.1) is 0 Å². The predicted molar refractivity (Wildman–Crippen MR) is 109 cm³/mol. The van der Waals surface area contributed by atoms with Crippen molar-refractivity contribution < 1.29 is 9.53 Å². The molecule has 1 saturated heterocycles. The molecule has 146 valence electrons. The van der Waals surface area contributed by atoms with Crippen LogP contribution in [-0.4, -0.2) is 68.7 Å². The maximum Gasteiger partial charge on any atom is 0.188 e. The molecule has 0 spiro atoms. The van der Waals surface area contributed by atoms with Gasteiger partial charge in [-0.25, -0.2) is 0 Å². The van der Waals surface area contributed by atoms with Crippen LogP contribution < -0.4 is 16.4 Å². The molecule has 0 bridgehead atoms. The highest BCUT2D eigenvalue weighted by atomic mass is 16.5. The van der Waals surface area contributed by atoms with Crippen molar-refractivity contribution in [2.45, 2.75) is 18.0 Å². The number of Topliss-reactive ketones (excluding diaryl/α,β-unsaturated/α-hetero) is 1. The van der Waals surface area contributed by atoms with Crippen LogP contribution in [0.3, 0.4) is 0 Å². The molecule has 2 aliphatic rings. The van der Waals surface area contributed by atoms with Crippen LogP contribution >= 0.6 is 0 Å². The standard InChI is InChI=1S/C21H30N4O2/c1-27-16-15-24-11-4-12-25(14-13-24)18-8-6-17(7-9-18)20(26)21(23)10-3-2-5-19(21)22/h2-3,5-10,19H,4,11-16,22-23H2,1H3. The first kappa shape index (κ1) is 19.8. The van der Waals surface area contributed by atoms with Crippen LogP contribution in [0.15, 0.2) is 48.6 Å². The maximum absolute atomic E-state index is 12.9. The van der Waals surface area contributed by atoms with Crippen molar-refractivity contribution in [3.63, 3.8) is 0 Å². The second-order valence-corrected chi connectivity index (χ2v) is 7.25. The minimum atomic E-state index is -1.18. The molecule has 0 saturated carbocycles. The largest absolute Gasteiger partial charge is 0.383 e. The predicted octanol–water partition coefficient (Wildman–Crippen LogP) is 1.18. The van der Waals surface area contributed by atoms with Gasteiger partial charge >= 0.3 is 0 Å². The molecule has 3 rings (SSSR count). The monoisotopic (exact) mass is 370 g/mol. The fourth-order valence-corrected chi connectivity index (χ4v) is 3.64. The van der Waals surface area contributed by atoms with Crippen LogP contribution in [-0.2, 0) is 4.74 Å². The van der Waals surface area contributed by atoms with E-state index < -0.39 is 11.6 Å². The Morgan fingerprint density at radius 3 is 2.67 bits per heavy atom. The molecule has 1 aromatic carbocycles. The van der Waals surface area contributed by atoms with E-state index in [1.54, 1.807) is 25.3 Å². The number of ether oxygens (including phenoxy) is 1. The summed E-state index contributed by atoms with van der Waals surface area (Å²) < 4.78 is 5.18. The van der Waals surface area contributed by atoms with E-state index in [1.807, 2.05) is 30.3 Å². The van der Waals surface area contributed by atoms with E-state index in [1.165, 1.54) is 0 Å². The second kappa shape index (κ2) is 8.80. The summed E-state index contributed by atoms with van der Waals surface area (Å²) in [6.45, 7) is 5.82. The number of allylic oxidation sites excluding steroid dienone is 2. The van der Waals surface area contributed by atoms with Gasteiger partial charge in [-0.1, -0.05) is 24.3 Å². The Balaban J connectivity index is 1.66. The molecule has 1 heterocycles. The third-order valence-electron chi connectivity index (χ3n) is 5.44. The summed E-state index contributed by atoms with van der Waals surface area (Å²) in [4.78, 5) is 17.7. The third-order valence-corrected chi connectivity index (χ3v) is 5.44. The molecule has 1 fully saturated rings. The molecule has 0 aromatic heterocycles. The molecule has 0 amide bonds. The second-order valence-electron chi connectivity index (χ2n) is 7.25. The van der Waals surface area contributed by atoms with Gasteiger partial charge in [-0.3, -0.25) is 9.69 Å². The lowest BCUT2D eigenvalue weighted by Crippen LogP contribution is -2.59. The average Bonchev–Trinajstić information content (AvgIpc) is 2.94. The van der Waals surface area contributed by atoms with Gasteiger partial charge in [0.2, 0.25) is 0 Å². The summed E-state index contributed by atoms with van der Waals surface area (Å²) in [6.07, 6.45) is 8.17. The molecule has 1 aliphatic heterocycles. The Bertz CT molecular complexity index is 701. The van der Waals surface area contributed by atoms with E-state index in [2.05, 4.69) is 9.80 Å². The number of benzene rings is 1. The fourth-order valence-electron chi connectivity index (χ4n) is 3.64. The number of nitrogens with zero attached hydrogens (tertiary/aromatic N) is 2. The molecule has 6 nitrogen and oxygen atoms in total. The number of ketones is 1. The topological polar surface area (TPSA) is 84.8 Å². The molecule has 2 unspecified atom stereocenters. The van der Waals surface area contributed by atoms with Crippen molar-refractivity contribution in [3.05, 3.63) is 54.1 Å². The van der Waals surface area contributed by atoms with Crippen molar-refractivity contribution in [2.24, 2.45) is 11.5 Å². The minimum absolute atomic E-state index is 0.149. The lowest BCUT2D eigenvalue weighted by atomic mass is 9.81. The summed E-state index contributed by atoms with van der Waals surface area (Å²) in [5.74, 6) is -0.149. The Kier molecular flexibility index (Phi) is 6.44. The van der Waals surface area contributed by atoms with E-state index >= 15 is 0 Å². The summed E-state index contributed by atoms with van der Waals surface area (Å²) in [6, 6.07) is 7.22. The molecule has 4 N–H and O–H groups in total. The zero-order valence-corrected chi connectivity index (χ0v) is 16.0. The highest BCUT2D eigenvalue weighted by Crippen LogP contribution is 2.23. The Morgan fingerprint density at radius 1 is 1.19 bits per heavy atom. The van der Waals surface area contributed by atoms with Crippen molar-refractivity contribution in [1.29, 1.82) is 0 Å². The lowest BCUT2D eigenvalue weighted by molar-refractivity contribution is 0.0912. The van der Waals surface area contributed by atoms with Gasteiger partial charge in [0.25, 0.3) is 0 Å². The summed E-state index contributed by atoms with van der Waals surface area (Å²) in [5.41, 5.74) is 12.9. The van der Waals surface area contributed by atoms with Crippen LogP contribution in [0.2, 0.25) is 0 Å². The first-order valence-electron chi connectivity index (χ1n) is 9.56. The smallest absolute Gasteiger partial charge is 0.188 e. The van der Waals surface area contributed by atoms with Crippen molar-refractivity contribution in [2.75, 3.05) is 51.3 Å². The molecule has 6 heteroatoms. The van der Waals surface area contributed by atoms with Gasteiger partial charge in [-0.05, 0) is 37.2 Å². The number of anilines is 1. The van der Waals surface area contributed by atoms with Crippen LogP contribution in [0.4, 0.5) is 5.69 Å². The normalized spacial score (nSPS) is 26.2. The number of carbonyl (C=O) groups is 1. The number of hydrogen-bond acceptors (Lipinski definition) is 6. The average molecular weight is 370 g/mol. The first-order valence-corrected chi connectivity index (χ1v) is 9.56. The van der Waals surface area contributed by atoms with Crippen molar-refractivity contribution in [3.8, 4) is 0 Å². The highest BCUT2D eigenvalue weighted by molar-refractivity contribution is 6.05. The molecule has 2 atom stereocenters. The summed E-state index contributed by atoms with van der Waals surface area (Å²) >= 11 is 0. The van der Waals surface area contributed by atoms with Gasteiger partial charge in [0.05, 0.1) is 12.6 Å². The molecular weight excluding hydrogens is 340 g/mol. The maximum atomic E-state index is 12.9. The third kappa shape index (κ3) is 4.47. The van der Waals surface area contributed by atoms with Crippen molar-refractivity contribution in [1.82, 2.24) is 4.90 Å². The zero-order chi connectivity index (χ0) is 19.3. The zero-order valence-electron chi connectivity index (χ0n) is 16.0. The molecule has 1 aromatic rings. The Morgan fingerprint density at radius 2 is 1.96 bits per heavy atom. The van der Waals surface area contributed by atoms with Gasteiger partial charge in [-0.15, -0.1) is 0 Å². The molecule has 0 radical (unpaired) electrons. The van der Waals surface area contributed by atoms with E-state index in [4.69, 9.17) is 16.2 Å². The van der Waals surface area contributed by atoms with Crippen LogP contribution in [0.5, 0.6) is 0 Å². The lowest BCUT2D eigenvalue weighted by Gasteiger charge is -2.31. The number of carbonyl (C=O) groups excluding carboxylic acids is 1. The van der Waals surface area contributed by atoms with E-state index in [0.717, 1.165) is 51.4 Å². The van der Waals surface area contributed by atoms with E-state index in [0.29, 0.717) is 5.56 Å². The molecule has 27 heavy (non-hydrogen) atoms. The summed E-state index contributed by atoms with van der Waals surface area (Å²) in [7, 11) is 1.74. The Hall–Kier alpha value is -1.99. The number of nitrogens with two attached hydrogens (primary N) is 2. The molecular formula is C21H30N4O2. The number of methoxy groups -OCH3 is 1. The van der Waals surface area contributed by atoms with Gasteiger partial charge in [-0.2, -0.15) is 0 Å². The van der Waals surface area contributed by atoms with Crippen LogP contribution in [0.1, 0.15) is 16.8 Å². The highest BCUT2D eigenvalue weighted by Gasteiger charge is 2.38. The fraction of sp³-hybridized carbons (Fsp3) is 0.476. The Labute approximate surface area is 161 Å². The van der Waals surface area contributed by atoms with Gasteiger partial charge in [0.15, 0.2) is 5.78 Å². The quantitative estimate of drug-likeness (QED) is 0.732. The van der Waals surface area contributed by atoms with E-state index in [-0.39, 0.29) is 5.78 Å².